The Balaban J connectivity index is 1.57. The number of carbonyl (C=O) groups excluding carboxylic acids is 1. The molecule has 11 heteroatoms. The van der Waals surface area contributed by atoms with Gasteiger partial charge in [-0.05, 0) is 44.0 Å². The van der Waals surface area contributed by atoms with Crippen molar-refractivity contribution >= 4 is 17.7 Å². The molecule has 1 amide bonds. The van der Waals surface area contributed by atoms with Gasteiger partial charge in [0.25, 0.3) is 5.56 Å². The van der Waals surface area contributed by atoms with E-state index in [0.29, 0.717) is 23.3 Å². The van der Waals surface area contributed by atoms with E-state index in [-0.39, 0.29) is 24.1 Å². The van der Waals surface area contributed by atoms with Gasteiger partial charge < -0.3 is 15.0 Å². The van der Waals surface area contributed by atoms with Gasteiger partial charge in [0.2, 0.25) is 5.91 Å². The number of nitrogens with one attached hydrogen (secondary N) is 3. The number of hydrogen-bond donors (Lipinski definition) is 3. The molecule has 0 atom stereocenters. The van der Waals surface area contributed by atoms with Crippen molar-refractivity contribution in [3.8, 4) is 11.4 Å². The molecule has 3 aromatic rings. The maximum absolute atomic E-state index is 12.5. The van der Waals surface area contributed by atoms with Crippen molar-refractivity contribution in [2.75, 3.05) is 12.4 Å². The molecule has 1 saturated carbocycles. The number of nitrogens with zero attached hydrogens (tertiary/aromatic N) is 3. The molecule has 2 aromatic heterocycles. The fourth-order valence-electron chi connectivity index (χ4n) is 4.06. The second-order valence-corrected chi connectivity index (χ2v) is 9.08. The van der Waals surface area contributed by atoms with Gasteiger partial charge in [0.05, 0.1) is 12.4 Å². The van der Waals surface area contributed by atoms with Gasteiger partial charge in [-0.15, -0.1) is 10.2 Å². The van der Waals surface area contributed by atoms with Crippen LogP contribution in [0.25, 0.3) is 5.69 Å². The van der Waals surface area contributed by atoms with E-state index in [1.54, 1.807) is 0 Å². The maximum Gasteiger partial charge on any atom is 0.325 e. The average molecular weight is 485 g/mol. The molecule has 0 unspecified atom stereocenters. The van der Waals surface area contributed by atoms with E-state index >= 15 is 0 Å². The van der Waals surface area contributed by atoms with E-state index in [2.05, 4.69) is 25.5 Å². The van der Waals surface area contributed by atoms with E-state index < -0.39 is 11.2 Å². The van der Waals surface area contributed by atoms with Gasteiger partial charge in [-0.25, -0.2) is 4.79 Å². The molecule has 2 heterocycles. The maximum atomic E-state index is 12.5. The zero-order valence-corrected chi connectivity index (χ0v) is 19.8. The van der Waals surface area contributed by atoms with Crippen LogP contribution in [0.2, 0.25) is 0 Å². The van der Waals surface area contributed by atoms with E-state index in [4.69, 9.17) is 4.74 Å². The van der Waals surface area contributed by atoms with E-state index in [9.17, 15) is 14.4 Å². The predicted octanol–water partition coefficient (Wildman–Crippen LogP) is 2.17. The lowest BCUT2D eigenvalue weighted by Crippen LogP contribution is -2.37. The van der Waals surface area contributed by atoms with Crippen molar-refractivity contribution in [1.82, 2.24) is 30.0 Å². The number of rotatable bonds is 9. The molecule has 4 rings (SSSR count). The summed E-state index contributed by atoms with van der Waals surface area (Å²) in [5.41, 5.74) is 0.134. The molecule has 1 fully saturated rings. The Bertz CT molecular complexity index is 1200. The topological polar surface area (TPSA) is 135 Å². The van der Waals surface area contributed by atoms with Gasteiger partial charge in [-0.1, -0.05) is 31.0 Å². The predicted molar refractivity (Wildman–Crippen MR) is 129 cm³/mol. The monoisotopic (exact) mass is 484 g/mol. The fraction of sp³-hybridized carbons (Fsp3) is 0.435. The lowest BCUT2D eigenvalue weighted by molar-refractivity contribution is -0.119. The van der Waals surface area contributed by atoms with Crippen LogP contribution in [0.15, 0.2) is 45.1 Å². The molecule has 1 aliphatic carbocycles. The molecule has 10 nitrogen and oxygen atoms in total. The number of aromatic nitrogens is 5. The Hall–Kier alpha value is -3.34. The fourth-order valence-corrected chi connectivity index (χ4v) is 4.84. The quantitative estimate of drug-likeness (QED) is 0.396. The van der Waals surface area contributed by atoms with Crippen LogP contribution in [0, 0.1) is 0 Å². The summed E-state index contributed by atoms with van der Waals surface area (Å²) in [5, 5.41) is 12.3. The van der Waals surface area contributed by atoms with E-state index in [1.165, 1.54) is 24.2 Å². The second kappa shape index (κ2) is 11.2. The largest absolute Gasteiger partial charge is 0.494 e. The van der Waals surface area contributed by atoms with Gasteiger partial charge in [0.1, 0.15) is 11.6 Å². The third-order valence-electron chi connectivity index (χ3n) is 5.57. The number of hydrogen-bond acceptors (Lipinski definition) is 7. The lowest BCUT2D eigenvalue weighted by atomic mass is 9.95. The normalized spacial score (nSPS) is 14.1. The minimum absolute atomic E-state index is 0.0291. The van der Waals surface area contributed by atoms with Gasteiger partial charge in [-0.2, -0.15) is 0 Å². The lowest BCUT2D eigenvalue weighted by Gasteiger charge is -2.22. The average Bonchev–Trinajstić information content (AvgIpc) is 3.20. The van der Waals surface area contributed by atoms with E-state index in [0.717, 1.165) is 37.1 Å². The molecule has 0 spiro atoms. The highest BCUT2D eigenvalue weighted by Crippen LogP contribution is 2.25. The number of carbonyl (C=O) groups is 1. The summed E-state index contributed by atoms with van der Waals surface area (Å²) in [6, 6.07) is 9.02. The van der Waals surface area contributed by atoms with Crippen LogP contribution in [0.5, 0.6) is 5.75 Å². The first kappa shape index (κ1) is 23.8. The van der Waals surface area contributed by atoms with Gasteiger partial charge in [-0.3, -0.25) is 19.1 Å². The molecule has 0 radical (unpaired) electrons. The third-order valence-corrected chi connectivity index (χ3v) is 6.50. The molecular weight excluding hydrogens is 456 g/mol. The highest BCUT2D eigenvalue weighted by Gasteiger charge is 2.19. The van der Waals surface area contributed by atoms with Crippen molar-refractivity contribution in [2.45, 2.75) is 56.6 Å². The summed E-state index contributed by atoms with van der Waals surface area (Å²) >= 11 is 1.30. The summed E-state index contributed by atoms with van der Waals surface area (Å²) < 4.78 is 7.36. The number of aromatic amines is 2. The van der Waals surface area contributed by atoms with Crippen molar-refractivity contribution in [2.24, 2.45) is 0 Å². The summed E-state index contributed by atoms with van der Waals surface area (Å²) in [7, 11) is 0. The number of amides is 1. The molecule has 1 aromatic carbocycles. The minimum Gasteiger partial charge on any atom is -0.494 e. The van der Waals surface area contributed by atoms with Gasteiger partial charge in [0.15, 0.2) is 5.16 Å². The second-order valence-electron chi connectivity index (χ2n) is 8.14. The smallest absolute Gasteiger partial charge is 0.325 e. The Morgan fingerprint density at radius 1 is 1.15 bits per heavy atom. The summed E-state index contributed by atoms with van der Waals surface area (Å²) in [5.74, 6) is 1.45. The van der Waals surface area contributed by atoms with Crippen molar-refractivity contribution in [1.29, 1.82) is 0 Å². The van der Waals surface area contributed by atoms with Gasteiger partial charge in [0, 0.05) is 29.9 Å². The van der Waals surface area contributed by atoms with Crippen LogP contribution in [0.4, 0.5) is 0 Å². The van der Waals surface area contributed by atoms with Crippen molar-refractivity contribution < 1.29 is 9.53 Å². The van der Waals surface area contributed by atoms with Crippen LogP contribution in [0.1, 0.15) is 50.5 Å². The molecule has 34 heavy (non-hydrogen) atoms. The Morgan fingerprint density at radius 2 is 1.91 bits per heavy atom. The summed E-state index contributed by atoms with van der Waals surface area (Å²) in [4.78, 5) is 40.7. The van der Waals surface area contributed by atoms with Crippen LogP contribution in [-0.2, 0) is 11.2 Å². The highest BCUT2D eigenvalue weighted by atomic mass is 32.2. The zero-order valence-electron chi connectivity index (χ0n) is 19.0. The molecular formula is C23H28N6O4S. The van der Waals surface area contributed by atoms with Crippen molar-refractivity contribution in [3.05, 3.63) is 62.7 Å². The standard InChI is InChI=1S/C23H28N6O4S/c1-2-33-18-10-8-17(9-11-18)29-19(12-16-13-20(30)26-22(32)25-16)27-28-23(29)34-14-21(31)24-15-6-4-3-5-7-15/h8-11,13,15H,2-7,12,14H2,1H3,(H,24,31)(H2,25,26,30,32). The molecule has 3 N–H and O–H groups in total. The first-order chi connectivity index (χ1) is 16.5. The molecule has 0 saturated heterocycles. The van der Waals surface area contributed by atoms with Crippen LogP contribution in [0.3, 0.4) is 0 Å². The van der Waals surface area contributed by atoms with Crippen LogP contribution in [-0.4, -0.2) is 49.0 Å². The van der Waals surface area contributed by atoms with Gasteiger partial charge >= 0.3 is 5.69 Å². The molecule has 1 aliphatic rings. The Kier molecular flexibility index (Phi) is 7.84. The Morgan fingerprint density at radius 3 is 2.62 bits per heavy atom. The summed E-state index contributed by atoms with van der Waals surface area (Å²) in [6.07, 6.45) is 5.77. The van der Waals surface area contributed by atoms with Crippen LogP contribution < -0.4 is 21.3 Å². The first-order valence-corrected chi connectivity index (χ1v) is 12.4. The van der Waals surface area contributed by atoms with Crippen molar-refractivity contribution in [3.63, 3.8) is 0 Å². The number of thioether (sulfide) groups is 1. The highest BCUT2D eigenvalue weighted by molar-refractivity contribution is 7.99. The number of H-pyrrole nitrogens is 2. The third kappa shape index (κ3) is 6.16. The molecule has 0 bridgehead atoms. The van der Waals surface area contributed by atoms with E-state index in [1.807, 2.05) is 35.8 Å². The first-order valence-electron chi connectivity index (χ1n) is 11.4. The summed E-state index contributed by atoms with van der Waals surface area (Å²) in [6.45, 7) is 2.48. The number of ether oxygens (including phenoxy) is 1. The molecule has 0 aliphatic heterocycles. The number of benzene rings is 1. The zero-order chi connectivity index (χ0) is 23.9. The SMILES string of the molecule is CCOc1ccc(-n2c(Cc3cc(=O)[nH]c(=O)[nH]3)nnc2SCC(=O)NC2CCCCC2)cc1. The Labute approximate surface area is 200 Å². The molecule has 180 valence electrons. The van der Waals surface area contributed by atoms with Crippen LogP contribution >= 0.6 is 11.8 Å². The minimum atomic E-state index is -0.580.